The van der Waals surface area contributed by atoms with Crippen LogP contribution in [-0.2, 0) is 11.8 Å². The standard InChI is InChI=1S/C19H24ClN5O2S/c1-12(21-18(27)13-7-9-14(20)10-8-13)17-23-24-19(25(17)2)28-11-16(26)22-15-5-3-4-6-15/h7-10,12,15H,3-6,11H2,1-2H3,(H,21,27)(H,22,26). The van der Waals surface area contributed by atoms with Crippen molar-refractivity contribution in [3.63, 3.8) is 0 Å². The highest BCUT2D eigenvalue weighted by molar-refractivity contribution is 7.99. The Morgan fingerprint density at radius 3 is 2.61 bits per heavy atom. The number of carbonyl (C=O) groups is 2. The number of halogens is 1. The van der Waals surface area contributed by atoms with Crippen LogP contribution in [0.25, 0.3) is 0 Å². The molecule has 2 N–H and O–H groups in total. The van der Waals surface area contributed by atoms with Crippen molar-refractivity contribution in [2.24, 2.45) is 7.05 Å². The van der Waals surface area contributed by atoms with E-state index in [1.807, 2.05) is 14.0 Å². The molecule has 0 saturated heterocycles. The van der Waals surface area contributed by atoms with Gasteiger partial charge in [-0.25, -0.2) is 0 Å². The fourth-order valence-corrected chi connectivity index (χ4v) is 4.10. The second kappa shape index (κ2) is 9.43. The Balaban J connectivity index is 1.54. The molecule has 9 heteroatoms. The minimum Gasteiger partial charge on any atom is -0.353 e. The summed E-state index contributed by atoms with van der Waals surface area (Å²) in [4.78, 5) is 24.5. The van der Waals surface area contributed by atoms with Gasteiger partial charge in [-0.1, -0.05) is 36.2 Å². The molecule has 0 radical (unpaired) electrons. The minimum absolute atomic E-state index is 0.0190. The lowest BCUT2D eigenvalue weighted by molar-refractivity contribution is -0.119. The Morgan fingerprint density at radius 1 is 1.25 bits per heavy atom. The fraction of sp³-hybridized carbons (Fsp3) is 0.474. The van der Waals surface area contributed by atoms with E-state index in [9.17, 15) is 9.59 Å². The maximum Gasteiger partial charge on any atom is 0.251 e. The predicted molar refractivity (Wildman–Crippen MR) is 109 cm³/mol. The third-order valence-electron chi connectivity index (χ3n) is 4.76. The summed E-state index contributed by atoms with van der Waals surface area (Å²) in [6.07, 6.45) is 4.50. The Morgan fingerprint density at radius 2 is 1.93 bits per heavy atom. The highest BCUT2D eigenvalue weighted by Crippen LogP contribution is 2.21. The van der Waals surface area contributed by atoms with Gasteiger partial charge >= 0.3 is 0 Å². The molecule has 1 aliphatic carbocycles. The SMILES string of the molecule is CC(NC(=O)c1ccc(Cl)cc1)c1nnc(SCC(=O)NC2CCCC2)n1C. The molecule has 1 unspecified atom stereocenters. The van der Waals surface area contributed by atoms with Gasteiger partial charge in [-0.15, -0.1) is 10.2 Å². The molecule has 1 aromatic carbocycles. The first-order valence-corrected chi connectivity index (χ1v) is 10.7. The number of hydrogen-bond acceptors (Lipinski definition) is 5. The Hall–Kier alpha value is -2.06. The first-order chi connectivity index (χ1) is 13.4. The molecule has 1 heterocycles. The van der Waals surface area contributed by atoms with Crippen LogP contribution in [0.1, 0.15) is 54.8 Å². The number of benzene rings is 1. The van der Waals surface area contributed by atoms with Gasteiger partial charge in [0.25, 0.3) is 5.91 Å². The monoisotopic (exact) mass is 421 g/mol. The van der Waals surface area contributed by atoms with E-state index >= 15 is 0 Å². The van der Waals surface area contributed by atoms with E-state index in [4.69, 9.17) is 11.6 Å². The molecule has 1 aliphatic rings. The second-order valence-corrected chi connectivity index (χ2v) is 8.32. The van der Waals surface area contributed by atoms with E-state index in [0.717, 1.165) is 12.8 Å². The van der Waals surface area contributed by atoms with E-state index in [1.54, 1.807) is 28.8 Å². The first-order valence-electron chi connectivity index (χ1n) is 9.32. The lowest BCUT2D eigenvalue weighted by Crippen LogP contribution is -2.33. The number of aromatic nitrogens is 3. The fourth-order valence-electron chi connectivity index (χ4n) is 3.24. The van der Waals surface area contributed by atoms with Crippen molar-refractivity contribution in [2.45, 2.75) is 49.8 Å². The molecule has 0 spiro atoms. The summed E-state index contributed by atoms with van der Waals surface area (Å²) < 4.78 is 1.81. The number of carbonyl (C=O) groups excluding carboxylic acids is 2. The topological polar surface area (TPSA) is 88.9 Å². The number of amides is 2. The van der Waals surface area contributed by atoms with Crippen LogP contribution in [0.5, 0.6) is 0 Å². The maximum absolute atomic E-state index is 12.4. The molecular weight excluding hydrogens is 398 g/mol. The van der Waals surface area contributed by atoms with Gasteiger partial charge in [0.05, 0.1) is 11.8 Å². The zero-order valence-electron chi connectivity index (χ0n) is 15.9. The maximum atomic E-state index is 12.4. The summed E-state index contributed by atoms with van der Waals surface area (Å²) in [5.74, 6) is 0.734. The van der Waals surface area contributed by atoms with Crippen molar-refractivity contribution in [2.75, 3.05) is 5.75 Å². The molecule has 2 aromatic rings. The zero-order chi connectivity index (χ0) is 20.1. The highest BCUT2D eigenvalue weighted by Gasteiger charge is 2.20. The van der Waals surface area contributed by atoms with Crippen molar-refractivity contribution in [3.8, 4) is 0 Å². The normalized spacial score (nSPS) is 15.4. The van der Waals surface area contributed by atoms with Gasteiger partial charge in [0, 0.05) is 23.7 Å². The number of thioether (sulfide) groups is 1. The number of rotatable bonds is 7. The van der Waals surface area contributed by atoms with Crippen LogP contribution in [0.2, 0.25) is 5.02 Å². The highest BCUT2D eigenvalue weighted by atomic mass is 35.5. The molecule has 3 rings (SSSR count). The third kappa shape index (κ3) is 5.26. The Kier molecular flexibility index (Phi) is 6.96. The van der Waals surface area contributed by atoms with E-state index in [0.29, 0.717) is 33.4 Å². The van der Waals surface area contributed by atoms with Gasteiger partial charge in [-0.3, -0.25) is 9.59 Å². The van der Waals surface area contributed by atoms with Gasteiger partial charge in [-0.05, 0) is 44.0 Å². The number of nitrogens with zero attached hydrogens (tertiary/aromatic N) is 3. The Bertz CT molecular complexity index is 833. The third-order valence-corrected chi connectivity index (χ3v) is 6.03. The van der Waals surface area contributed by atoms with E-state index < -0.39 is 0 Å². The van der Waals surface area contributed by atoms with Crippen LogP contribution in [-0.4, -0.2) is 38.4 Å². The molecule has 1 saturated carbocycles. The van der Waals surface area contributed by atoms with E-state index in [2.05, 4.69) is 20.8 Å². The summed E-state index contributed by atoms with van der Waals surface area (Å²) in [6, 6.07) is 6.67. The van der Waals surface area contributed by atoms with Gasteiger partial charge < -0.3 is 15.2 Å². The average molecular weight is 422 g/mol. The van der Waals surface area contributed by atoms with Gasteiger partial charge in [0.15, 0.2) is 11.0 Å². The molecule has 150 valence electrons. The molecule has 2 amide bonds. The summed E-state index contributed by atoms with van der Waals surface area (Å²) in [5, 5.41) is 15.5. The van der Waals surface area contributed by atoms with Crippen LogP contribution in [0.4, 0.5) is 0 Å². The summed E-state index contributed by atoms with van der Waals surface area (Å²) >= 11 is 7.20. The Labute approximate surface area is 173 Å². The van der Waals surface area contributed by atoms with Crippen molar-refractivity contribution in [1.82, 2.24) is 25.4 Å². The molecule has 28 heavy (non-hydrogen) atoms. The van der Waals surface area contributed by atoms with Crippen molar-refractivity contribution in [3.05, 3.63) is 40.7 Å². The summed E-state index contributed by atoms with van der Waals surface area (Å²) in [5.41, 5.74) is 0.525. The quantitative estimate of drug-likeness (QED) is 0.670. The minimum atomic E-state index is -0.331. The predicted octanol–water partition coefficient (Wildman–Crippen LogP) is 3.11. The molecule has 0 aliphatic heterocycles. The van der Waals surface area contributed by atoms with Gasteiger partial charge in [0.2, 0.25) is 5.91 Å². The van der Waals surface area contributed by atoms with Crippen molar-refractivity contribution < 1.29 is 9.59 Å². The largest absolute Gasteiger partial charge is 0.353 e. The first kappa shape index (κ1) is 20.7. The lowest BCUT2D eigenvalue weighted by atomic mass is 10.2. The summed E-state index contributed by atoms with van der Waals surface area (Å²) in [6.45, 7) is 1.85. The molecule has 1 aromatic heterocycles. The molecular formula is C19H24ClN5O2S. The lowest BCUT2D eigenvalue weighted by Gasteiger charge is -2.14. The van der Waals surface area contributed by atoms with E-state index in [1.165, 1.54) is 24.6 Å². The number of nitrogens with one attached hydrogen (secondary N) is 2. The van der Waals surface area contributed by atoms with Crippen LogP contribution in [0.3, 0.4) is 0 Å². The zero-order valence-corrected chi connectivity index (χ0v) is 17.5. The van der Waals surface area contributed by atoms with Gasteiger partial charge in [-0.2, -0.15) is 0 Å². The van der Waals surface area contributed by atoms with Crippen LogP contribution in [0.15, 0.2) is 29.4 Å². The number of hydrogen-bond donors (Lipinski definition) is 2. The molecule has 0 bridgehead atoms. The summed E-state index contributed by atoms with van der Waals surface area (Å²) in [7, 11) is 1.83. The average Bonchev–Trinajstić information content (AvgIpc) is 3.30. The van der Waals surface area contributed by atoms with Crippen molar-refractivity contribution in [1.29, 1.82) is 0 Å². The van der Waals surface area contributed by atoms with Crippen LogP contribution >= 0.6 is 23.4 Å². The molecule has 1 fully saturated rings. The molecule has 1 atom stereocenters. The van der Waals surface area contributed by atoms with Crippen molar-refractivity contribution >= 4 is 35.2 Å². The molecule has 7 nitrogen and oxygen atoms in total. The smallest absolute Gasteiger partial charge is 0.251 e. The van der Waals surface area contributed by atoms with Gasteiger partial charge in [0.1, 0.15) is 0 Å². The second-order valence-electron chi connectivity index (χ2n) is 6.94. The van der Waals surface area contributed by atoms with Crippen LogP contribution < -0.4 is 10.6 Å². The van der Waals surface area contributed by atoms with Crippen LogP contribution in [0, 0.1) is 0 Å². The van der Waals surface area contributed by atoms with E-state index in [-0.39, 0.29) is 17.9 Å².